The van der Waals surface area contributed by atoms with E-state index < -0.39 is 5.41 Å². The third-order valence-corrected chi connectivity index (χ3v) is 12.2. The second-order valence-electron chi connectivity index (χ2n) is 15.2. The molecule has 2 heteroatoms. The summed E-state index contributed by atoms with van der Waals surface area (Å²) in [6, 6.07) is 61.9. The molecule has 2 aliphatic carbocycles. The van der Waals surface area contributed by atoms with E-state index in [9.17, 15) is 0 Å². The van der Waals surface area contributed by atoms with Gasteiger partial charge in [0.25, 0.3) is 0 Å². The van der Waals surface area contributed by atoms with Gasteiger partial charge in [-0.2, -0.15) is 0 Å². The lowest BCUT2D eigenvalue weighted by Gasteiger charge is -2.31. The number of para-hydroxylation sites is 2. The van der Waals surface area contributed by atoms with Gasteiger partial charge >= 0.3 is 0 Å². The Hall–Kier alpha value is -7.42. The van der Waals surface area contributed by atoms with E-state index in [-0.39, 0.29) is 0 Å². The number of hydrogen-bond acceptors (Lipinski definition) is 1. The lowest BCUT2D eigenvalue weighted by molar-refractivity contribution is 0.787. The van der Waals surface area contributed by atoms with Crippen molar-refractivity contribution in [1.82, 2.24) is 4.57 Å². The highest BCUT2D eigenvalue weighted by molar-refractivity contribution is 6.00. The minimum absolute atomic E-state index is 0.417. The monoisotopic (exact) mass is 756 g/mol. The van der Waals surface area contributed by atoms with E-state index >= 15 is 0 Å². The van der Waals surface area contributed by atoms with Crippen molar-refractivity contribution in [3.05, 3.63) is 246 Å². The van der Waals surface area contributed by atoms with Crippen molar-refractivity contribution >= 4 is 45.7 Å². The van der Waals surface area contributed by atoms with Crippen LogP contribution >= 0.6 is 0 Å². The molecular weight excluding hydrogens is 713 g/mol. The van der Waals surface area contributed by atoms with Crippen LogP contribution < -0.4 is 4.90 Å². The van der Waals surface area contributed by atoms with Crippen LogP contribution in [0.3, 0.4) is 0 Å². The number of aromatic nitrogens is 1. The minimum atomic E-state index is -0.417. The quantitative estimate of drug-likeness (QED) is 0.142. The fourth-order valence-corrected chi connectivity index (χ4v) is 9.88. The van der Waals surface area contributed by atoms with Gasteiger partial charge in [0.1, 0.15) is 0 Å². The highest BCUT2D eigenvalue weighted by Crippen LogP contribution is 2.62. The molecule has 0 aliphatic heterocycles. The number of anilines is 3. The Balaban J connectivity index is 1.09. The normalized spacial score (nSPS) is 15.3. The highest BCUT2D eigenvalue weighted by atomic mass is 15.1. The van der Waals surface area contributed by atoms with E-state index in [1.54, 1.807) is 0 Å². The average molecular weight is 757 g/mol. The summed E-state index contributed by atoms with van der Waals surface area (Å²) < 4.78 is 2.31. The molecule has 1 heterocycles. The first kappa shape index (κ1) is 36.0. The lowest BCUT2D eigenvalue weighted by atomic mass is 9.69. The van der Waals surface area contributed by atoms with Crippen LogP contribution in [0.15, 0.2) is 213 Å². The molecule has 1 unspecified atom stereocenters. The maximum absolute atomic E-state index is 4.40. The first-order chi connectivity index (χ1) is 29.1. The first-order valence-electron chi connectivity index (χ1n) is 20.4. The zero-order chi connectivity index (χ0) is 40.1. The zero-order valence-corrected chi connectivity index (χ0v) is 33.4. The SMILES string of the molecule is C=CC1=C(/C=C\C)c2ccccc2C12c1ccccc1-c1cc(-c3ccc(N(c4ccccc4)c4ccc5c(c4)c(/C=C\C)c(C=C)n5-c4ccccc4)cc3)ccc12. The van der Waals surface area contributed by atoms with E-state index in [2.05, 4.69) is 237 Å². The van der Waals surface area contributed by atoms with Gasteiger partial charge < -0.3 is 9.47 Å². The maximum Gasteiger partial charge on any atom is 0.0725 e. The molecule has 2 nitrogen and oxygen atoms in total. The summed E-state index contributed by atoms with van der Waals surface area (Å²) in [5.41, 5.74) is 20.0. The van der Waals surface area contributed by atoms with Gasteiger partial charge in [-0.15, -0.1) is 0 Å². The van der Waals surface area contributed by atoms with E-state index in [0.717, 1.165) is 39.5 Å². The summed E-state index contributed by atoms with van der Waals surface area (Å²) in [5.74, 6) is 0. The molecule has 2 aliphatic rings. The summed E-state index contributed by atoms with van der Waals surface area (Å²) in [4.78, 5) is 2.35. The topological polar surface area (TPSA) is 8.17 Å². The van der Waals surface area contributed by atoms with Gasteiger partial charge in [-0.3, -0.25) is 0 Å². The number of nitrogens with zero attached hydrogens (tertiary/aromatic N) is 2. The number of rotatable bonds is 9. The molecule has 1 aromatic heterocycles. The molecular formula is C57H44N2. The van der Waals surface area contributed by atoms with E-state index in [4.69, 9.17) is 0 Å². The number of allylic oxidation sites excluding steroid dienone is 6. The van der Waals surface area contributed by atoms with Crippen LogP contribution in [0.1, 0.15) is 47.4 Å². The lowest BCUT2D eigenvalue weighted by Crippen LogP contribution is -2.26. The smallest absolute Gasteiger partial charge is 0.0725 e. The largest absolute Gasteiger partial charge is 0.310 e. The molecule has 0 bridgehead atoms. The molecule has 0 saturated carbocycles. The van der Waals surface area contributed by atoms with E-state index in [0.29, 0.717) is 0 Å². The van der Waals surface area contributed by atoms with Gasteiger partial charge in [0, 0.05) is 33.7 Å². The summed E-state index contributed by atoms with van der Waals surface area (Å²) in [6.07, 6.45) is 12.7. The average Bonchev–Trinajstić information content (AvgIpc) is 3.88. The van der Waals surface area contributed by atoms with E-state index in [1.807, 2.05) is 6.08 Å². The predicted molar refractivity (Wildman–Crippen MR) is 252 cm³/mol. The van der Waals surface area contributed by atoms with Crippen molar-refractivity contribution < 1.29 is 0 Å². The summed E-state index contributed by atoms with van der Waals surface area (Å²) in [6.45, 7) is 12.8. The van der Waals surface area contributed by atoms with Gasteiger partial charge in [0.15, 0.2) is 0 Å². The van der Waals surface area contributed by atoms with Crippen molar-refractivity contribution in [1.29, 1.82) is 0 Å². The van der Waals surface area contributed by atoms with Crippen molar-refractivity contribution in [2.45, 2.75) is 19.3 Å². The summed E-state index contributed by atoms with van der Waals surface area (Å²) >= 11 is 0. The first-order valence-corrected chi connectivity index (χ1v) is 20.4. The van der Waals surface area contributed by atoms with Gasteiger partial charge in [-0.1, -0.05) is 153 Å². The highest BCUT2D eigenvalue weighted by Gasteiger charge is 2.51. The maximum atomic E-state index is 4.40. The summed E-state index contributed by atoms with van der Waals surface area (Å²) in [7, 11) is 0. The van der Waals surface area contributed by atoms with Crippen LogP contribution in [-0.2, 0) is 5.41 Å². The second-order valence-corrected chi connectivity index (χ2v) is 15.2. The molecule has 1 atom stereocenters. The Morgan fingerprint density at radius 2 is 1.10 bits per heavy atom. The molecule has 8 aromatic rings. The van der Waals surface area contributed by atoms with Crippen LogP contribution in [0, 0.1) is 0 Å². The Labute approximate surface area is 347 Å². The zero-order valence-electron chi connectivity index (χ0n) is 33.4. The Kier molecular flexibility index (Phi) is 8.84. The van der Waals surface area contributed by atoms with Crippen LogP contribution in [0.5, 0.6) is 0 Å². The van der Waals surface area contributed by atoms with Crippen molar-refractivity contribution in [2.75, 3.05) is 4.90 Å². The van der Waals surface area contributed by atoms with Crippen LogP contribution in [0.25, 0.3) is 56.6 Å². The van der Waals surface area contributed by atoms with Gasteiger partial charge in [-0.05, 0) is 136 Å². The molecule has 0 N–H and O–H groups in total. The number of hydrogen-bond donors (Lipinski definition) is 0. The van der Waals surface area contributed by atoms with Crippen molar-refractivity contribution in [3.63, 3.8) is 0 Å². The Bertz CT molecular complexity index is 3030. The fraction of sp³-hybridized carbons (Fsp3) is 0.0526. The molecule has 0 radical (unpaired) electrons. The molecule has 0 amide bonds. The third-order valence-electron chi connectivity index (χ3n) is 12.2. The molecule has 0 fully saturated rings. The molecule has 59 heavy (non-hydrogen) atoms. The molecule has 1 spiro atoms. The van der Waals surface area contributed by atoms with Gasteiger partial charge in [-0.25, -0.2) is 0 Å². The Morgan fingerprint density at radius 1 is 0.508 bits per heavy atom. The number of benzene rings is 7. The fourth-order valence-electron chi connectivity index (χ4n) is 9.88. The van der Waals surface area contributed by atoms with Crippen LogP contribution in [-0.4, -0.2) is 4.57 Å². The van der Waals surface area contributed by atoms with Crippen LogP contribution in [0.4, 0.5) is 17.1 Å². The van der Waals surface area contributed by atoms with Crippen molar-refractivity contribution in [3.8, 4) is 27.9 Å². The van der Waals surface area contributed by atoms with Crippen LogP contribution in [0.2, 0.25) is 0 Å². The van der Waals surface area contributed by atoms with Gasteiger partial charge in [0.05, 0.1) is 16.6 Å². The van der Waals surface area contributed by atoms with Gasteiger partial charge in [0.2, 0.25) is 0 Å². The number of fused-ring (bicyclic) bond motifs is 8. The minimum Gasteiger partial charge on any atom is -0.310 e. The third kappa shape index (κ3) is 5.41. The Morgan fingerprint density at radius 3 is 1.80 bits per heavy atom. The molecule has 0 saturated heterocycles. The predicted octanol–water partition coefficient (Wildman–Crippen LogP) is 15.3. The summed E-state index contributed by atoms with van der Waals surface area (Å²) in [5, 5.41) is 1.17. The van der Waals surface area contributed by atoms with Crippen molar-refractivity contribution in [2.24, 2.45) is 0 Å². The second kappa shape index (κ2) is 14.5. The molecule has 282 valence electrons. The molecule has 7 aromatic carbocycles. The standard InChI is InChI=1S/C57H44N2/c1-5-19-45-46-25-15-17-27-52(46)57(51(45)7-3)53-28-18-16-26-47(53)49-37-40(31-35-54(49)57)39-29-32-43(33-30-39)58(41-21-11-9-12-22-41)44-34-36-56-50(38-44)48(20-6-2)55(8-4)59(56)42-23-13-10-14-24-42/h5-38H,3-4H2,1-2H3/b19-5-,20-6-. The molecule has 10 rings (SSSR count). The van der Waals surface area contributed by atoms with E-state index in [1.165, 1.54) is 61.0 Å².